The zero-order valence-electron chi connectivity index (χ0n) is 13.1. The summed E-state index contributed by atoms with van der Waals surface area (Å²) in [4.78, 5) is 23.5. The number of piperidine rings is 1. The van der Waals surface area contributed by atoms with Crippen molar-refractivity contribution in [1.29, 1.82) is 0 Å². The van der Waals surface area contributed by atoms with Crippen LogP contribution in [-0.4, -0.2) is 71.8 Å². The van der Waals surface area contributed by atoms with Crippen molar-refractivity contribution in [2.45, 2.75) is 18.4 Å². The second kappa shape index (κ2) is 6.89. The third-order valence-corrected chi connectivity index (χ3v) is 3.92. The fourth-order valence-corrected chi connectivity index (χ4v) is 2.78. The van der Waals surface area contributed by atoms with E-state index in [-0.39, 0.29) is 19.0 Å². The van der Waals surface area contributed by atoms with E-state index in [4.69, 9.17) is 5.73 Å². The standard InChI is InChI=1S/C14H24N6O2/c1-16-11-6-12(18-10-17-11)20-5-3-4-14(22,9-20)8-19(2)13(21)7-15/h6,10,22H,3-5,7-9,15H2,1-2H3,(H,16,17,18)/t14-/m0/s1. The van der Waals surface area contributed by atoms with Crippen molar-refractivity contribution in [2.24, 2.45) is 5.73 Å². The molecule has 22 heavy (non-hydrogen) atoms. The highest BCUT2D eigenvalue weighted by atomic mass is 16.3. The number of hydrogen-bond donors (Lipinski definition) is 3. The van der Waals surface area contributed by atoms with E-state index < -0.39 is 5.60 Å². The van der Waals surface area contributed by atoms with Crippen molar-refractivity contribution >= 4 is 17.5 Å². The second-order valence-corrected chi connectivity index (χ2v) is 5.71. The highest BCUT2D eigenvalue weighted by molar-refractivity contribution is 5.77. The summed E-state index contributed by atoms with van der Waals surface area (Å²) in [5, 5.41) is 13.8. The lowest BCUT2D eigenvalue weighted by Crippen LogP contribution is -2.55. The first-order chi connectivity index (χ1) is 10.5. The normalized spacial score (nSPS) is 21.5. The summed E-state index contributed by atoms with van der Waals surface area (Å²) in [5.41, 5.74) is 4.41. The minimum atomic E-state index is -0.956. The number of nitrogens with one attached hydrogen (secondary N) is 1. The number of anilines is 2. The Morgan fingerprint density at radius 1 is 1.59 bits per heavy atom. The third kappa shape index (κ3) is 3.83. The van der Waals surface area contributed by atoms with Crippen molar-refractivity contribution in [1.82, 2.24) is 14.9 Å². The first-order valence-corrected chi connectivity index (χ1v) is 7.38. The maximum Gasteiger partial charge on any atom is 0.236 e. The zero-order valence-corrected chi connectivity index (χ0v) is 13.1. The highest BCUT2D eigenvalue weighted by Gasteiger charge is 2.35. The number of aromatic nitrogens is 2. The molecule has 2 heterocycles. The van der Waals surface area contributed by atoms with Crippen molar-refractivity contribution in [2.75, 3.05) is 50.5 Å². The Labute approximate surface area is 130 Å². The highest BCUT2D eigenvalue weighted by Crippen LogP contribution is 2.26. The molecule has 1 amide bonds. The van der Waals surface area contributed by atoms with Crippen LogP contribution >= 0.6 is 0 Å². The molecule has 4 N–H and O–H groups in total. The summed E-state index contributed by atoms with van der Waals surface area (Å²) >= 11 is 0. The molecule has 0 unspecified atom stereocenters. The number of carbonyl (C=O) groups is 1. The van der Waals surface area contributed by atoms with Gasteiger partial charge in [0.2, 0.25) is 5.91 Å². The fraction of sp³-hybridized carbons (Fsp3) is 0.643. The molecule has 0 saturated carbocycles. The molecule has 1 aromatic heterocycles. The summed E-state index contributed by atoms with van der Waals surface area (Å²) in [6, 6.07) is 1.85. The Morgan fingerprint density at radius 3 is 3.05 bits per heavy atom. The number of rotatable bonds is 5. The van der Waals surface area contributed by atoms with Gasteiger partial charge in [0.25, 0.3) is 0 Å². The monoisotopic (exact) mass is 308 g/mol. The first kappa shape index (κ1) is 16.4. The Balaban J connectivity index is 2.08. The Kier molecular flexibility index (Phi) is 5.15. The Hall–Kier alpha value is -1.93. The number of nitrogens with zero attached hydrogens (tertiary/aromatic N) is 4. The minimum absolute atomic E-state index is 0.0479. The van der Waals surface area contributed by atoms with Gasteiger partial charge in [-0.3, -0.25) is 4.79 Å². The molecule has 0 spiro atoms. The van der Waals surface area contributed by atoms with Crippen molar-refractivity contribution < 1.29 is 9.90 Å². The Morgan fingerprint density at radius 2 is 2.36 bits per heavy atom. The van der Waals surface area contributed by atoms with E-state index in [1.165, 1.54) is 11.2 Å². The van der Waals surface area contributed by atoms with E-state index in [9.17, 15) is 9.90 Å². The van der Waals surface area contributed by atoms with Crippen LogP contribution in [0.1, 0.15) is 12.8 Å². The lowest BCUT2D eigenvalue weighted by Gasteiger charge is -2.41. The summed E-state index contributed by atoms with van der Waals surface area (Å²) in [6.45, 7) is 1.46. The van der Waals surface area contributed by atoms with Gasteiger partial charge < -0.3 is 26.0 Å². The van der Waals surface area contributed by atoms with Crippen LogP contribution in [0, 0.1) is 0 Å². The Bertz CT molecular complexity index is 526. The van der Waals surface area contributed by atoms with Gasteiger partial charge in [-0.2, -0.15) is 0 Å². The SMILES string of the molecule is CNc1cc(N2CCC[C@](O)(CN(C)C(=O)CN)C2)ncn1. The van der Waals surface area contributed by atoms with Crippen molar-refractivity contribution in [3.8, 4) is 0 Å². The van der Waals surface area contributed by atoms with E-state index in [2.05, 4.69) is 15.3 Å². The molecule has 1 saturated heterocycles. The minimum Gasteiger partial charge on any atom is -0.386 e. The topological polar surface area (TPSA) is 108 Å². The summed E-state index contributed by atoms with van der Waals surface area (Å²) in [6.07, 6.45) is 2.98. The third-order valence-electron chi connectivity index (χ3n) is 3.92. The number of aliphatic hydroxyl groups is 1. The molecule has 0 aromatic carbocycles. The number of carbonyl (C=O) groups excluding carboxylic acids is 1. The molecular formula is C14H24N6O2. The van der Waals surface area contributed by atoms with Gasteiger partial charge >= 0.3 is 0 Å². The molecule has 1 aliphatic rings. The quantitative estimate of drug-likeness (QED) is 0.658. The molecule has 0 aliphatic carbocycles. The van der Waals surface area contributed by atoms with Crippen LogP contribution < -0.4 is 16.0 Å². The number of nitrogens with two attached hydrogens (primary N) is 1. The van der Waals surface area contributed by atoms with Gasteiger partial charge in [0.1, 0.15) is 18.0 Å². The molecule has 0 bridgehead atoms. The van der Waals surface area contributed by atoms with Gasteiger partial charge in [0.15, 0.2) is 0 Å². The van der Waals surface area contributed by atoms with E-state index in [0.717, 1.165) is 24.6 Å². The van der Waals surface area contributed by atoms with Crippen LogP contribution in [0.3, 0.4) is 0 Å². The molecule has 122 valence electrons. The van der Waals surface area contributed by atoms with Crippen LogP contribution in [0.4, 0.5) is 11.6 Å². The van der Waals surface area contributed by atoms with E-state index in [0.29, 0.717) is 13.0 Å². The lowest BCUT2D eigenvalue weighted by atomic mass is 9.92. The number of amides is 1. The summed E-state index contributed by atoms with van der Waals surface area (Å²) in [7, 11) is 3.46. The molecule has 0 radical (unpaired) electrons. The fourth-order valence-electron chi connectivity index (χ4n) is 2.78. The van der Waals surface area contributed by atoms with Gasteiger partial charge in [-0.05, 0) is 12.8 Å². The zero-order chi connectivity index (χ0) is 16.2. The van der Waals surface area contributed by atoms with Crippen molar-refractivity contribution in [3.05, 3.63) is 12.4 Å². The average Bonchev–Trinajstić information content (AvgIpc) is 2.53. The predicted molar refractivity (Wildman–Crippen MR) is 84.7 cm³/mol. The van der Waals surface area contributed by atoms with E-state index in [1.54, 1.807) is 14.1 Å². The van der Waals surface area contributed by atoms with Gasteiger partial charge in [0, 0.05) is 33.3 Å². The molecule has 1 aliphatic heterocycles. The molecule has 1 fully saturated rings. The molecule has 1 atom stereocenters. The summed E-state index contributed by atoms with van der Waals surface area (Å²) < 4.78 is 0. The maximum absolute atomic E-state index is 11.6. The van der Waals surface area contributed by atoms with Gasteiger partial charge in [-0.25, -0.2) is 9.97 Å². The van der Waals surface area contributed by atoms with Crippen molar-refractivity contribution in [3.63, 3.8) is 0 Å². The number of likely N-dealkylation sites (N-methyl/N-ethyl adjacent to an activating group) is 1. The van der Waals surface area contributed by atoms with Crippen LogP contribution in [0.2, 0.25) is 0 Å². The molecule has 1 aromatic rings. The van der Waals surface area contributed by atoms with Crippen LogP contribution in [0.5, 0.6) is 0 Å². The number of β-amino-alcohol motifs (C(OH)–C–C–N with tert-alkyl or cyclic N) is 1. The second-order valence-electron chi connectivity index (χ2n) is 5.71. The molecule has 8 nitrogen and oxygen atoms in total. The van der Waals surface area contributed by atoms with E-state index in [1.807, 2.05) is 11.0 Å². The van der Waals surface area contributed by atoms with Crippen LogP contribution in [-0.2, 0) is 4.79 Å². The average molecular weight is 308 g/mol. The van der Waals surface area contributed by atoms with Gasteiger partial charge in [-0.1, -0.05) is 0 Å². The van der Waals surface area contributed by atoms with E-state index >= 15 is 0 Å². The number of hydrogen-bond acceptors (Lipinski definition) is 7. The molecule has 8 heteroatoms. The van der Waals surface area contributed by atoms with Gasteiger partial charge in [-0.15, -0.1) is 0 Å². The molecular weight excluding hydrogens is 284 g/mol. The first-order valence-electron chi connectivity index (χ1n) is 7.38. The van der Waals surface area contributed by atoms with Crippen LogP contribution in [0.15, 0.2) is 12.4 Å². The molecule has 2 rings (SSSR count). The predicted octanol–water partition coefficient (Wildman–Crippen LogP) is -0.733. The van der Waals surface area contributed by atoms with Crippen LogP contribution in [0.25, 0.3) is 0 Å². The largest absolute Gasteiger partial charge is 0.386 e. The maximum atomic E-state index is 11.6. The lowest BCUT2D eigenvalue weighted by molar-refractivity contribution is -0.132. The smallest absolute Gasteiger partial charge is 0.236 e. The van der Waals surface area contributed by atoms with Gasteiger partial charge in [0.05, 0.1) is 18.7 Å². The summed E-state index contributed by atoms with van der Waals surface area (Å²) in [5.74, 6) is 1.32.